The maximum absolute atomic E-state index is 11.7. The van der Waals surface area contributed by atoms with Crippen LogP contribution >= 0.6 is 0 Å². The van der Waals surface area contributed by atoms with Crippen molar-refractivity contribution in [3.8, 4) is 11.5 Å². The smallest absolute Gasteiger partial charge is 0.308 e. The van der Waals surface area contributed by atoms with Gasteiger partial charge in [-0.15, -0.1) is 0 Å². The zero-order chi connectivity index (χ0) is 17.9. The molecule has 1 rings (SSSR count). The number of rotatable bonds is 11. The van der Waals surface area contributed by atoms with Crippen molar-refractivity contribution in [2.24, 2.45) is 11.7 Å². The molecule has 0 aliphatic rings. The van der Waals surface area contributed by atoms with Crippen molar-refractivity contribution in [2.45, 2.75) is 58.8 Å². The summed E-state index contributed by atoms with van der Waals surface area (Å²) in [6, 6.07) is 5.33. The van der Waals surface area contributed by atoms with E-state index in [0.29, 0.717) is 17.9 Å². The third-order valence-corrected chi connectivity index (χ3v) is 4.02. The summed E-state index contributed by atoms with van der Waals surface area (Å²) in [6.07, 6.45) is 7.14. The van der Waals surface area contributed by atoms with Crippen LogP contribution in [-0.2, 0) is 16.0 Å². The first-order valence-electron chi connectivity index (χ1n) is 8.62. The molecule has 0 radical (unpaired) electrons. The predicted molar refractivity (Wildman–Crippen MR) is 94.1 cm³/mol. The summed E-state index contributed by atoms with van der Waals surface area (Å²) in [6.45, 7) is 3.52. The van der Waals surface area contributed by atoms with E-state index in [1.165, 1.54) is 33.3 Å². The molecule has 1 aromatic rings. The fraction of sp³-hybridized carbons (Fsp3) is 0.579. The van der Waals surface area contributed by atoms with Crippen molar-refractivity contribution in [3.63, 3.8) is 0 Å². The zero-order valence-electron chi connectivity index (χ0n) is 15.0. The van der Waals surface area contributed by atoms with Gasteiger partial charge in [-0.3, -0.25) is 9.59 Å². The van der Waals surface area contributed by atoms with Gasteiger partial charge in [0.25, 0.3) is 0 Å². The van der Waals surface area contributed by atoms with Crippen molar-refractivity contribution in [2.75, 3.05) is 7.11 Å². The molecule has 1 unspecified atom stereocenters. The topological polar surface area (TPSA) is 78.6 Å². The second-order valence-electron chi connectivity index (χ2n) is 6.09. The Labute approximate surface area is 144 Å². The number of amides is 1. The molecule has 0 saturated heterocycles. The molecule has 0 aliphatic carbocycles. The number of ether oxygens (including phenoxy) is 2. The molecule has 0 spiro atoms. The third kappa shape index (κ3) is 7.02. The number of carbonyl (C=O) groups is 2. The third-order valence-electron chi connectivity index (χ3n) is 4.02. The molecule has 0 aromatic heterocycles. The molecule has 0 saturated carbocycles. The first-order chi connectivity index (χ1) is 11.5. The van der Waals surface area contributed by atoms with Gasteiger partial charge in [-0.25, -0.2) is 0 Å². The molecule has 0 heterocycles. The summed E-state index contributed by atoms with van der Waals surface area (Å²) in [7, 11) is 1.52. The molecule has 134 valence electrons. The molecule has 0 bridgehead atoms. The number of primary amides is 1. The Morgan fingerprint density at radius 2 is 1.83 bits per heavy atom. The van der Waals surface area contributed by atoms with Crippen molar-refractivity contribution < 1.29 is 19.1 Å². The van der Waals surface area contributed by atoms with Gasteiger partial charge in [0.05, 0.1) is 7.11 Å². The number of carbonyl (C=O) groups excluding carboxylic acids is 2. The number of hydrogen-bond donors (Lipinski definition) is 1. The van der Waals surface area contributed by atoms with Crippen molar-refractivity contribution >= 4 is 11.9 Å². The van der Waals surface area contributed by atoms with Gasteiger partial charge in [0, 0.05) is 12.8 Å². The highest BCUT2D eigenvalue weighted by Gasteiger charge is 2.17. The largest absolute Gasteiger partial charge is 0.493 e. The summed E-state index contributed by atoms with van der Waals surface area (Å²) in [5.41, 5.74) is 6.50. The molecule has 5 heteroatoms. The Morgan fingerprint density at radius 1 is 1.12 bits per heavy atom. The van der Waals surface area contributed by atoms with Gasteiger partial charge in [0.2, 0.25) is 5.91 Å². The van der Waals surface area contributed by atoms with Gasteiger partial charge >= 0.3 is 5.97 Å². The van der Waals surface area contributed by atoms with Gasteiger partial charge in [0.15, 0.2) is 11.5 Å². The Bertz CT molecular complexity index is 542. The number of esters is 1. The predicted octanol–water partition coefficient (Wildman–Crippen LogP) is 3.63. The van der Waals surface area contributed by atoms with Crippen LogP contribution in [0.1, 0.15) is 57.9 Å². The lowest BCUT2D eigenvalue weighted by Crippen LogP contribution is -2.25. The minimum Gasteiger partial charge on any atom is -0.493 e. The van der Waals surface area contributed by atoms with Crippen LogP contribution in [0, 0.1) is 5.92 Å². The Morgan fingerprint density at radius 3 is 2.42 bits per heavy atom. The summed E-state index contributed by atoms with van der Waals surface area (Å²) >= 11 is 0. The molecule has 24 heavy (non-hydrogen) atoms. The highest BCUT2D eigenvalue weighted by atomic mass is 16.6. The number of methoxy groups -OCH3 is 1. The molecule has 2 N–H and O–H groups in total. The molecule has 0 aliphatic heterocycles. The average Bonchev–Trinajstić information content (AvgIpc) is 2.54. The van der Waals surface area contributed by atoms with E-state index in [4.69, 9.17) is 15.2 Å². The maximum atomic E-state index is 11.7. The molecule has 1 atom stereocenters. The van der Waals surface area contributed by atoms with Crippen LogP contribution in [0.3, 0.4) is 0 Å². The zero-order valence-corrected chi connectivity index (χ0v) is 15.0. The fourth-order valence-electron chi connectivity index (χ4n) is 2.70. The van der Waals surface area contributed by atoms with Crippen molar-refractivity contribution in [1.29, 1.82) is 0 Å². The van der Waals surface area contributed by atoms with Gasteiger partial charge < -0.3 is 15.2 Å². The number of nitrogens with two attached hydrogens (primary N) is 1. The Hall–Kier alpha value is -2.04. The first kappa shape index (κ1) is 20.0. The summed E-state index contributed by atoms with van der Waals surface area (Å²) < 4.78 is 10.4. The van der Waals surface area contributed by atoms with Gasteiger partial charge in [-0.05, 0) is 30.5 Å². The molecule has 1 amide bonds. The molecular weight excluding hydrogens is 306 g/mol. The number of hydrogen-bond acceptors (Lipinski definition) is 4. The van der Waals surface area contributed by atoms with E-state index in [9.17, 15) is 9.59 Å². The van der Waals surface area contributed by atoms with E-state index in [0.717, 1.165) is 24.8 Å². The first-order valence-corrected chi connectivity index (χ1v) is 8.62. The van der Waals surface area contributed by atoms with E-state index in [1.807, 2.05) is 6.07 Å². The Kier molecular flexibility index (Phi) is 8.90. The van der Waals surface area contributed by atoms with Gasteiger partial charge in [0.1, 0.15) is 0 Å². The second-order valence-corrected chi connectivity index (χ2v) is 6.09. The van der Waals surface area contributed by atoms with Gasteiger partial charge in [-0.1, -0.05) is 45.1 Å². The molecular formula is C19H29NO4. The van der Waals surface area contributed by atoms with Crippen LogP contribution in [-0.4, -0.2) is 19.0 Å². The highest BCUT2D eigenvalue weighted by molar-refractivity contribution is 5.77. The van der Waals surface area contributed by atoms with E-state index in [2.05, 4.69) is 6.92 Å². The average molecular weight is 335 g/mol. The lowest BCUT2D eigenvalue weighted by atomic mass is 9.92. The summed E-state index contributed by atoms with van der Waals surface area (Å²) in [5.74, 6) is 0.00498. The highest BCUT2D eigenvalue weighted by Crippen LogP contribution is 2.29. The van der Waals surface area contributed by atoms with Crippen LogP contribution < -0.4 is 15.2 Å². The number of unbranched alkanes of at least 4 members (excludes halogenated alkanes) is 4. The Balaban J connectivity index is 2.69. The monoisotopic (exact) mass is 335 g/mol. The quantitative estimate of drug-likeness (QED) is 0.380. The van der Waals surface area contributed by atoms with E-state index >= 15 is 0 Å². The van der Waals surface area contributed by atoms with Crippen molar-refractivity contribution in [1.82, 2.24) is 0 Å². The van der Waals surface area contributed by atoms with Crippen LogP contribution in [0.2, 0.25) is 0 Å². The molecule has 0 fully saturated rings. The van der Waals surface area contributed by atoms with Crippen LogP contribution in [0.15, 0.2) is 18.2 Å². The lowest BCUT2D eigenvalue weighted by Gasteiger charge is -2.15. The van der Waals surface area contributed by atoms with Gasteiger partial charge in [-0.2, -0.15) is 0 Å². The molecule has 1 aromatic carbocycles. The number of benzene rings is 1. The van der Waals surface area contributed by atoms with E-state index in [1.54, 1.807) is 12.1 Å². The van der Waals surface area contributed by atoms with Crippen LogP contribution in [0.4, 0.5) is 0 Å². The molecule has 5 nitrogen and oxygen atoms in total. The SMILES string of the molecule is CCCCCCCC(Cc1ccc(OC(C)=O)c(OC)c1)C(N)=O. The van der Waals surface area contributed by atoms with Crippen molar-refractivity contribution in [3.05, 3.63) is 23.8 Å². The summed E-state index contributed by atoms with van der Waals surface area (Å²) in [4.78, 5) is 22.8. The standard InChI is InChI=1S/C19H29NO4/c1-4-5-6-7-8-9-16(19(20)22)12-15-10-11-17(24-14(2)21)18(13-15)23-3/h10-11,13,16H,4-9,12H2,1-3H3,(H2,20,22). The summed E-state index contributed by atoms with van der Waals surface area (Å²) in [5, 5.41) is 0. The van der Waals surface area contributed by atoms with E-state index in [-0.39, 0.29) is 11.8 Å². The van der Waals surface area contributed by atoms with E-state index < -0.39 is 5.97 Å². The fourth-order valence-corrected chi connectivity index (χ4v) is 2.70. The van der Waals surface area contributed by atoms with Crippen LogP contribution in [0.5, 0.6) is 11.5 Å². The minimum atomic E-state index is -0.400. The lowest BCUT2D eigenvalue weighted by molar-refractivity contribution is -0.132. The maximum Gasteiger partial charge on any atom is 0.308 e. The normalized spacial score (nSPS) is 11.8. The minimum absolute atomic E-state index is 0.184. The van der Waals surface area contributed by atoms with Crippen LogP contribution in [0.25, 0.3) is 0 Å². The second kappa shape index (κ2) is 10.7.